The van der Waals surface area contributed by atoms with Crippen LogP contribution in [0.2, 0.25) is 5.02 Å². The third-order valence-electron chi connectivity index (χ3n) is 6.38. The zero-order valence-electron chi connectivity index (χ0n) is 16.7. The summed E-state index contributed by atoms with van der Waals surface area (Å²) in [6.07, 6.45) is 5.23. The highest BCUT2D eigenvalue weighted by Crippen LogP contribution is 2.59. The van der Waals surface area contributed by atoms with Crippen molar-refractivity contribution in [2.75, 3.05) is 19.6 Å². The Morgan fingerprint density at radius 1 is 1.23 bits per heavy atom. The van der Waals surface area contributed by atoms with Crippen LogP contribution in [0.5, 0.6) is 0 Å². The molecule has 1 saturated heterocycles. The Morgan fingerprint density at radius 3 is 2.73 bits per heavy atom. The van der Waals surface area contributed by atoms with Gasteiger partial charge in [-0.3, -0.25) is 14.6 Å². The summed E-state index contributed by atoms with van der Waals surface area (Å²) in [6, 6.07) is 9.89. The summed E-state index contributed by atoms with van der Waals surface area (Å²) in [7, 11) is 0. The molecule has 1 aromatic carbocycles. The van der Waals surface area contributed by atoms with Gasteiger partial charge in [-0.2, -0.15) is 0 Å². The van der Waals surface area contributed by atoms with E-state index in [2.05, 4.69) is 10.3 Å². The van der Waals surface area contributed by atoms with E-state index < -0.39 is 5.82 Å². The van der Waals surface area contributed by atoms with E-state index >= 15 is 0 Å². The van der Waals surface area contributed by atoms with Crippen LogP contribution in [0.4, 0.5) is 4.39 Å². The number of aromatic nitrogens is 1. The molecule has 2 fully saturated rings. The first-order chi connectivity index (χ1) is 14.5. The topological polar surface area (TPSA) is 62.3 Å². The van der Waals surface area contributed by atoms with Gasteiger partial charge < -0.3 is 10.2 Å². The normalized spacial score (nSPS) is 19.5. The second kappa shape index (κ2) is 8.72. The van der Waals surface area contributed by atoms with E-state index in [0.717, 1.165) is 31.4 Å². The van der Waals surface area contributed by atoms with Crippen molar-refractivity contribution in [2.24, 2.45) is 11.3 Å². The number of carbonyl (C=O) groups excluding carboxylic acids is 2. The number of hydrogen-bond donors (Lipinski definition) is 1. The van der Waals surface area contributed by atoms with E-state index in [0.29, 0.717) is 25.2 Å². The van der Waals surface area contributed by atoms with Crippen LogP contribution in [0.25, 0.3) is 0 Å². The van der Waals surface area contributed by atoms with Crippen molar-refractivity contribution >= 4 is 23.4 Å². The van der Waals surface area contributed by atoms with Crippen LogP contribution in [0.3, 0.4) is 0 Å². The van der Waals surface area contributed by atoms with Crippen LogP contribution in [0.1, 0.15) is 30.5 Å². The molecule has 1 atom stereocenters. The first-order valence-electron chi connectivity index (χ1n) is 10.4. The first-order valence-corrected chi connectivity index (χ1v) is 10.7. The molecule has 1 aromatic heterocycles. The molecule has 158 valence electrons. The predicted octanol–water partition coefficient (Wildman–Crippen LogP) is 3.40. The molecular formula is C23H25ClFN3O2. The highest BCUT2D eigenvalue weighted by Gasteiger charge is 2.58. The lowest BCUT2D eigenvalue weighted by atomic mass is 9.90. The Bertz CT molecular complexity index is 929. The van der Waals surface area contributed by atoms with Crippen molar-refractivity contribution in [1.29, 1.82) is 0 Å². The van der Waals surface area contributed by atoms with Gasteiger partial charge in [0.05, 0.1) is 6.42 Å². The molecule has 1 saturated carbocycles. The van der Waals surface area contributed by atoms with E-state index in [1.807, 2.05) is 23.1 Å². The number of carbonyl (C=O) groups is 2. The number of nitrogens with one attached hydrogen (secondary N) is 1. The molecule has 2 aliphatic rings. The molecule has 1 aliphatic heterocycles. The van der Waals surface area contributed by atoms with Crippen LogP contribution in [0.15, 0.2) is 42.6 Å². The summed E-state index contributed by atoms with van der Waals surface area (Å²) in [6.45, 7) is 1.89. The van der Waals surface area contributed by atoms with Crippen molar-refractivity contribution < 1.29 is 14.0 Å². The van der Waals surface area contributed by atoms with Crippen LogP contribution in [0, 0.1) is 17.2 Å². The van der Waals surface area contributed by atoms with Crippen LogP contribution in [-0.2, 0) is 22.4 Å². The Hall–Kier alpha value is -2.47. The summed E-state index contributed by atoms with van der Waals surface area (Å²) >= 11 is 6.04. The second-order valence-electron chi connectivity index (χ2n) is 8.27. The van der Waals surface area contributed by atoms with Crippen LogP contribution >= 0.6 is 11.6 Å². The Kier molecular flexibility index (Phi) is 6.04. The van der Waals surface area contributed by atoms with Crippen LogP contribution in [-0.4, -0.2) is 41.3 Å². The van der Waals surface area contributed by atoms with Crippen molar-refractivity contribution in [3.63, 3.8) is 0 Å². The largest absolute Gasteiger partial charge is 0.355 e. The van der Waals surface area contributed by atoms with E-state index in [1.54, 1.807) is 12.3 Å². The van der Waals surface area contributed by atoms with Gasteiger partial charge in [0.25, 0.3) is 0 Å². The van der Waals surface area contributed by atoms with E-state index in [4.69, 9.17) is 11.6 Å². The second-order valence-corrected chi connectivity index (χ2v) is 8.68. The molecule has 7 heteroatoms. The minimum Gasteiger partial charge on any atom is -0.355 e. The molecule has 30 heavy (non-hydrogen) atoms. The average Bonchev–Trinajstić information content (AvgIpc) is 3.44. The minimum atomic E-state index is -0.408. The third-order valence-corrected chi connectivity index (χ3v) is 6.73. The van der Waals surface area contributed by atoms with Gasteiger partial charge >= 0.3 is 0 Å². The molecule has 0 bridgehead atoms. The third kappa shape index (κ3) is 4.64. The maximum absolute atomic E-state index is 13.2. The average molecular weight is 430 g/mol. The zero-order valence-corrected chi connectivity index (χ0v) is 17.5. The Balaban J connectivity index is 1.22. The molecule has 4 rings (SSSR count). The van der Waals surface area contributed by atoms with E-state index in [9.17, 15) is 14.0 Å². The number of likely N-dealkylation sites (tertiary alicyclic amines) is 1. The molecule has 1 aliphatic carbocycles. The lowest BCUT2D eigenvalue weighted by Crippen LogP contribution is -2.41. The monoisotopic (exact) mass is 429 g/mol. The minimum absolute atomic E-state index is 0.00429. The first kappa shape index (κ1) is 20.8. The number of rotatable bonds is 6. The fourth-order valence-electron chi connectivity index (χ4n) is 4.40. The fraction of sp³-hybridized carbons (Fsp3) is 0.435. The van der Waals surface area contributed by atoms with Crippen molar-refractivity contribution in [3.8, 4) is 0 Å². The van der Waals surface area contributed by atoms with Crippen molar-refractivity contribution in [3.05, 3.63) is 64.7 Å². The summed E-state index contributed by atoms with van der Waals surface area (Å²) < 4.78 is 13.2. The quantitative estimate of drug-likeness (QED) is 0.765. The SMILES string of the molecule is O=C(NCCc1ccccn1)[C@@H]1CC12CCN(C(=O)Cc1ccc(F)cc1Cl)CC2. The smallest absolute Gasteiger partial charge is 0.227 e. The number of hydrogen-bond acceptors (Lipinski definition) is 3. The molecule has 0 radical (unpaired) electrons. The highest BCUT2D eigenvalue weighted by molar-refractivity contribution is 6.31. The molecule has 2 heterocycles. The van der Waals surface area contributed by atoms with E-state index in [1.165, 1.54) is 12.1 Å². The number of piperidine rings is 1. The lowest BCUT2D eigenvalue weighted by Gasteiger charge is -2.33. The van der Waals surface area contributed by atoms with Gasteiger partial charge in [0.15, 0.2) is 0 Å². The molecule has 2 aromatic rings. The molecule has 0 unspecified atom stereocenters. The zero-order chi connectivity index (χ0) is 21.1. The van der Waals surface area contributed by atoms with Gasteiger partial charge in [0.1, 0.15) is 5.82 Å². The highest BCUT2D eigenvalue weighted by atomic mass is 35.5. The van der Waals surface area contributed by atoms with Gasteiger partial charge in [-0.05, 0) is 54.5 Å². The van der Waals surface area contributed by atoms with Gasteiger partial charge in [0, 0.05) is 48.9 Å². The Labute approximate surface area is 180 Å². The summed E-state index contributed by atoms with van der Waals surface area (Å²) in [5, 5.41) is 3.32. The molecule has 1 N–H and O–H groups in total. The molecule has 5 nitrogen and oxygen atoms in total. The van der Waals surface area contributed by atoms with Gasteiger partial charge in [-0.15, -0.1) is 0 Å². The Morgan fingerprint density at radius 2 is 2.03 bits per heavy atom. The number of pyridine rings is 1. The van der Waals surface area contributed by atoms with Crippen molar-refractivity contribution in [1.82, 2.24) is 15.2 Å². The van der Waals surface area contributed by atoms with E-state index in [-0.39, 0.29) is 34.6 Å². The fourth-order valence-corrected chi connectivity index (χ4v) is 4.63. The number of nitrogens with zero attached hydrogens (tertiary/aromatic N) is 2. The van der Waals surface area contributed by atoms with Crippen molar-refractivity contribution in [2.45, 2.75) is 32.1 Å². The number of halogens is 2. The maximum atomic E-state index is 13.2. The van der Waals surface area contributed by atoms with Gasteiger partial charge in [-0.25, -0.2) is 4.39 Å². The summed E-state index contributed by atoms with van der Waals surface area (Å²) in [5.41, 5.74) is 1.65. The molecular weight excluding hydrogens is 405 g/mol. The predicted molar refractivity (Wildman–Crippen MR) is 112 cm³/mol. The van der Waals surface area contributed by atoms with Crippen LogP contribution < -0.4 is 5.32 Å². The summed E-state index contributed by atoms with van der Waals surface area (Å²) in [4.78, 5) is 31.2. The molecule has 2 amide bonds. The molecule has 1 spiro atoms. The standard InChI is InChI=1S/C23H25ClFN3O2/c24-20-14-17(25)5-4-16(20)13-21(29)28-11-7-23(8-12-28)15-19(23)22(30)27-10-6-18-3-1-2-9-26-18/h1-5,9,14,19H,6-8,10-13,15H2,(H,27,30)/t19-/m0/s1. The number of amides is 2. The summed E-state index contributed by atoms with van der Waals surface area (Å²) in [5.74, 6) is -0.251. The maximum Gasteiger partial charge on any atom is 0.227 e. The van der Waals surface area contributed by atoms with Gasteiger partial charge in [0.2, 0.25) is 11.8 Å². The number of benzene rings is 1. The lowest BCUT2D eigenvalue weighted by molar-refractivity contribution is -0.132. The van der Waals surface area contributed by atoms with Gasteiger partial charge in [-0.1, -0.05) is 23.7 Å².